The molecule has 1 heterocycles. The van der Waals surface area contributed by atoms with Gasteiger partial charge in [-0.2, -0.15) is 0 Å². The number of aliphatic hydroxyl groups is 1. The molecule has 1 amide bonds. The minimum Gasteiger partial charge on any atom is -0.508 e. The Balaban J connectivity index is 1.94. The number of nitrogens with zero attached hydrogens (tertiary/aromatic N) is 1. The van der Waals surface area contributed by atoms with Crippen LogP contribution >= 0.6 is 27.5 Å². The summed E-state index contributed by atoms with van der Waals surface area (Å²) in [5, 5.41) is 21.5. The van der Waals surface area contributed by atoms with Crippen LogP contribution < -0.4 is 14.4 Å². The van der Waals surface area contributed by atoms with E-state index in [-0.39, 0.29) is 22.1 Å². The number of ether oxygens (including phenoxy) is 2. The number of phenolic OH excluding ortho intramolecular Hbond substituents is 1. The van der Waals surface area contributed by atoms with Crippen molar-refractivity contribution < 1.29 is 29.3 Å². The van der Waals surface area contributed by atoms with Gasteiger partial charge in [-0.1, -0.05) is 23.7 Å². The van der Waals surface area contributed by atoms with Crippen molar-refractivity contribution in [3.8, 4) is 17.2 Å². The number of phenols is 1. The van der Waals surface area contributed by atoms with Crippen LogP contribution in [0.3, 0.4) is 0 Å². The van der Waals surface area contributed by atoms with E-state index in [0.717, 1.165) is 0 Å². The quantitative estimate of drug-likeness (QED) is 0.252. The average Bonchev–Trinajstić information content (AvgIpc) is 3.09. The molecule has 174 valence electrons. The molecule has 3 aromatic rings. The van der Waals surface area contributed by atoms with Gasteiger partial charge in [-0.25, -0.2) is 0 Å². The predicted octanol–water partition coefficient (Wildman–Crippen LogP) is 5.45. The maximum absolute atomic E-state index is 13.2. The van der Waals surface area contributed by atoms with Crippen LogP contribution in [0.25, 0.3) is 5.76 Å². The Kier molecular flexibility index (Phi) is 6.54. The summed E-state index contributed by atoms with van der Waals surface area (Å²) >= 11 is 9.66. The monoisotopic (exact) mass is 543 g/mol. The summed E-state index contributed by atoms with van der Waals surface area (Å²) in [5.74, 6) is -1.19. The Morgan fingerprint density at radius 3 is 2.32 bits per heavy atom. The molecule has 2 N–H and O–H groups in total. The number of benzene rings is 3. The molecule has 1 fully saturated rings. The summed E-state index contributed by atoms with van der Waals surface area (Å²) < 4.78 is 11.0. The zero-order chi connectivity index (χ0) is 24.6. The Hall–Kier alpha value is -3.49. The molecule has 1 saturated heterocycles. The minimum atomic E-state index is -1.02. The van der Waals surface area contributed by atoms with Gasteiger partial charge in [0.1, 0.15) is 23.0 Å². The van der Waals surface area contributed by atoms with Crippen molar-refractivity contribution in [3.05, 3.63) is 86.9 Å². The zero-order valence-corrected chi connectivity index (χ0v) is 20.4. The number of ketones is 1. The number of hydrogen-bond acceptors (Lipinski definition) is 6. The topological polar surface area (TPSA) is 96.3 Å². The van der Waals surface area contributed by atoms with Gasteiger partial charge in [0.15, 0.2) is 0 Å². The third kappa shape index (κ3) is 4.10. The van der Waals surface area contributed by atoms with Gasteiger partial charge in [0, 0.05) is 11.3 Å². The summed E-state index contributed by atoms with van der Waals surface area (Å²) in [6, 6.07) is 14.6. The van der Waals surface area contributed by atoms with Gasteiger partial charge in [-0.15, -0.1) is 0 Å². The third-order valence-electron chi connectivity index (χ3n) is 5.47. The highest BCUT2D eigenvalue weighted by molar-refractivity contribution is 9.10. The third-order valence-corrected chi connectivity index (χ3v) is 6.38. The van der Waals surface area contributed by atoms with Crippen LogP contribution in [-0.2, 0) is 9.59 Å². The normalized spacial score (nSPS) is 17.2. The van der Waals surface area contributed by atoms with Gasteiger partial charge in [-0.3, -0.25) is 14.5 Å². The molecule has 0 spiro atoms. The van der Waals surface area contributed by atoms with E-state index >= 15 is 0 Å². The lowest BCUT2D eigenvalue weighted by Gasteiger charge is -2.26. The van der Waals surface area contributed by atoms with Crippen molar-refractivity contribution in [3.63, 3.8) is 0 Å². The molecular formula is C25H19BrClNO6. The first kappa shape index (κ1) is 23.7. The van der Waals surface area contributed by atoms with E-state index < -0.39 is 17.7 Å². The van der Waals surface area contributed by atoms with Gasteiger partial charge in [0.25, 0.3) is 11.7 Å². The summed E-state index contributed by atoms with van der Waals surface area (Å²) in [4.78, 5) is 27.7. The largest absolute Gasteiger partial charge is 0.508 e. The molecule has 0 aromatic heterocycles. The number of anilines is 1. The van der Waals surface area contributed by atoms with Gasteiger partial charge < -0.3 is 19.7 Å². The first-order valence-corrected chi connectivity index (χ1v) is 11.2. The maximum atomic E-state index is 13.2. The molecular weight excluding hydrogens is 526 g/mol. The number of carbonyl (C=O) groups is 2. The van der Waals surface area contributed by atoms with Gasteiger partial charge in [-0.05, 0) is 70.0 Å². The van der Waals surface area contributed by atoms with E-state index in [1.54, 1.807) is 42.5 Å². The fraction of sp³-hybridized carbons (Fsp3) is 0.120. The molecule has 1 aliphatic heterocycles. The number of methoxy groups -OCH3 is 2. The lowest BCUT2D eigenvalue weighted by Crippen LogP contribution is -2.29. The van der Waals surface area contributed by atoms with Crippen molar-refractivity contribution in [2.45, 2.75) is 6.04 Å². The molecule has 7 nitrogen and oxygen atoms in total. The highest BCUT2D eigenvalue weighted by Crippen LogP contribution is 2.44. The van der Waals surface area contributed by atoms with Gasteiger partial charge in [0.05, 0.1) is 35.3 Å². The number of aromatic hydroxyl groups is 1. The van der Waals surface area contributed by atoms with E-state index in [2.05, 4.69) is 15.9 Å². The van der Waals surface area contributed by atoms with Crippen molar-refractivity contribution >= 4 is 50.7 Å². The number of aliphatic hydroxyl groups excluding tert-OH is 1. The van der Waals surface area contributed by atoms with Crippen LogP contribution in [0.1, 0.15) is 17.2 Å². The first-order chi connectivity index (χ1) is 16.3. The fourth-order valence-corrected chi connectivity index (χ4v) is 4.68. The maximum Gasteiger partial charge on any atom is 0.300 e. The number of carbonyl (C=O) groups excluding carboxylic acids is 2. The number of halogens is 2. The molecule has 0 saturated carbocycles. The van der Waals surface area contributed by atoms with Crippen LogP contribution in [0.5, 0.6) is 17.2 Å². The van der Waals surface area contributed by atoms with E-state index in [1.807, 2.05) is 0 Å². The second-order valence-corrected chi connectivity index (χ2v) is 8.69. The first-order valence-electron chi connectivity index (χ1n) is 10.0. The predicted molar refractivity (Wildman–Crippen MR) is 132 cm³/mol. The fourth-order valence-electron chi connectivity index (χ4n) is 3.88. The van der Waals surface area contributed by atoms with Crippen molar-refractivity contribution in [2.75, 3.05) is 19.1 Å². The van der Waals surface area contributed by atoms with Crippen molar-refractivity contribution in [1.29, 1.82) is 0 Å². The summed E-state index contributed by atoms with van der Waals surface area (Å²) in [5.41, 5.74) is 0.944. The molecule has 9 heteroatoms. The van der Waals surface area contributed by atoms with Crippen molar-refractivity contribution in [1.82, 2.24) is 0 Å². The van der Waals surface area contributed by atoms with E-state index in [9.17, 15) is 19.8 Å². The van der Waals surface area contributed by atoms with Crippen molar-refractivity contribution in [2.24, 2.45) is 0 Å². The molecule has 1 atom stereocenters. The molecule has 1 aliphatic rings. The molecule has 0 bridgehead atoms. The second kappa shape index (κ2) is 9.40. The lowest BCUT2D eigenvalue weighted by molar-refractivity contribution is -0.132. The van der Waals surface area contributed by atoms with E-state index in [1.165, 1.54) is 37.3 Å². The Bertz CT molecular complexity index is 1340. The van der Waals surface area contributed by atoms with Crippen LogP contribution in [-0.4, -0.2) is 36.1 Å². The molecule has 1 unspecified atom stereocenters. The number of Topliss-reactive ketones (excluding diaryl/α,β-unsaturated/α-hetero) is 1. The Morgan fingerprint density at radius 1 is 1.00 bits per heavy atom. The molecule has 0 aliphatic carbocycles. The minimum absolute atomic E-state index is 0.0527. The SMILES string of the molecule is COc1ccc(N2C(=O)C(=O)/C(=C(/O)c3ccc(OC)c(Br)c3)C2c2cccc(O)c2)cc1Cl. The number of rotatable bonds is 5. The average molecular weight is 545 g/mol. The van der Waals surface area contributed by atoms with Gasteiger partial charge >= 0.3 is 0 Å². The zero-order valence-electron chi connectivity index (χ0n) is 18.1. The number of hydrogen-bond donors (Lipinski definition) is 2. The lowest BCUT2D eigenvalue weighted by atomic mass is 9.95. The van der Waals surface area contributed by atoms with Crippen LogP contribution in [0, 0.1) is 0 Å². The molecule has 34 heavy (non-hydrogen) atoms. The summed E-state index contributed by atoms with van der Waals surface area (Å²) in [6.45, 7) is 0. The summed E-state index contributed by atoms with van der Waals surface area (Å²) in [7, 11) is 2.97. The van der Waals surface area contributed by atoms with E-state index in [0.29, 0.717) is 32.8 Å². The highest BCUT2D eigenvalue weighted by Gasteiger charge is 2.47. The van der Waals surface area contributed by atoms with Crippen LogP contribution in [0.15, 0.2) is 70.7 Å². The Morgan fingerprint density at radius 2 is 1.71 bits per heavy atom. The molecule has 4 rings (SSSR count). The molecule has 0 radical (unpaired) electrons. The van der Waals surface area contributed by atoms with Gasteiger partial charge in [0.2, 0.25) is 0 Å². The standard InChI is InChI=1S/C25H19BrClNO6/c1-33-19-8-6-14(11-17(19)26)23(30)21-22(13-4-3-5-16(29)10-13)28(25(32)24(21)31)15-7-9-20(34-2)18(27)12-15/h3-12,22,29-30H,1-2H3/b23-21+. The smallest absolute Gasteiger partial charge is 0.300 e. The van der Waals surface area contributed by atoms with Crippen LogP contribution in [0.2, 0.25) is 5.02 Å². The molecule has 3 aromatic carbocycles. The van der Waals surface area contributed by atoms with E-state index in [4.69, 9.17) is 21.1 Å². The highest BCUT2D eigenvalue weighted by atomic mass is 79.9. The summed E-state index contributed by atoms with van der Waals surface area (Å²) in [6.07, 6.45) is 0. The Labute approximate surface area is 208 Å². The second-order valence-electron chi connectivity index (χ2n) is 7.43. The number of amides is 1. The van der Waals surface area contributed by atoms with Crippen LogP contribution in [0.4, 0.5) is 5.69 Å².